The lowest BCUT2D eigenvalue weighted by Gasteiger charge is -2.29. The predicted molar refractivity (Wildman–Crippen MR) is 109 cm³/mol. The molecule has 1 fully saturated rings. The number of ketones is 1. The molecule has 1 aliphatic carbocycles. The van der Waals surface area contributed by atoms with Crippen LogP contribution in [-0.4, -0.2) is 24.0 Å². The van der Waals surface area contributed by atoms with Crippen molar-refractivity contribution in [2.24, 2.45) is 0 Å². The van der Waals surface area contributed by atoms with Crippen LogP contribution in [0.25, 0.3) is 0 Å². The van der Waals surface area contributed by atoms with Crippen LogP contribution in [0.15, 0.2) is 36.4 Å². The van der Waals surface area contributed by atoms with E-state index in [0.717, 1.165) is 24.1 Å². The van der Waals surface area contributed by atoms with Gasteiger partial charge in [0.05, 0.1) is 23.9 Å². The molecule has 2 aromatic carbocycles. The highest BCUT2D eigenvalue weighted by atomic mass is 35.5. The zero-order chi connectivity index (χ0) is 20.3. The van der Waals surface area contributed by atoms with Gasteiger partial charge in [-0.2, -0.15) is 0 Å². The predicted octanol–water partition coefficient (Wildman–Crippen LogP) is 4.82. The van der Waals surface area contributed by atoms with Crippen molar-refractivity contribution < 1.29 is 18.3 Å². The second-order valence-electron chi connectivity index (χ2n) is 6.56. The van der Waals surface area contributed by atoms with Crippen LogP contribution in [0, 0.1) is 11.6 Å². The second-order valence-corrected chi connectivity index (χ2v) is 7.37. The first-order valence-electron chi connectivity index (χ1n) is 8.78. The number of carbonyl (C=O) groups excluding carboxylic acids is 1. The molecule has 0 saturated heterocycles. The molecule has 0 aromatic heterocycles. The van der Waals surface area contributed by atoms with Gasteiger partial charge in [0, 0.05) is 12.0 Å². The van der Waals surface area contributed by atoms with E-state index in [1.807, 2.05) is 6.07 Å². The van der Waals surface area contributed by atoms with Gasteiger partial charge in [-0.1, -0.05) is 17.7 Å². The Morgan fingerprint density at radius 1 is 1.21 bits per heavy atom. The molecule has 2 unspecified atom stereocenters. The fraction of sp³-hybridized carbons (Fsp3) is 0.300. The number of hydrogen-bond donors (Lipinski definition) is 2. The maximum absolute atomic E-state index is 13.8. The van der Waals surface area contributed by atoms with E-state index in [-0.39, 0.29) is 22.5 Å². The SMILES string of the molecule is COc1cc(C2CCCC(NC(=S)Nc3ccc(F)cc3F)C2=O)ccc1Cl. The highest BCUT2D eigenvalue weighted by molar-refractivity contribution is 7.80. The zero-order valence-corrected chi connectivity index (χ0v) is 16.7. The highest BCUT2D eigenvalue weighted by Gasteiger charge is 2.33. The van der Waals surface area contributed by atoms with Crippen molar-refractivity contribution in [3.05, 3.63) is 58.6 Å². The van der Waals surface area contributed by atoms with Crippen molar-refractivity contribution in [2.75, 3.05) is 12.4 Å². The lowest BCUT2D eigenvalue weighted by Crippen LogP contribution is -2.46. The molecule has 3 rings (SSSR count). The number of nitrogens with one attached hydrogen (secondary N) is 2. The molecule has 2 aromatic rings. The van der Waals surface area contributed by atoms with Crippen LogP contribution in [0.1, 0.15) is 30.7 Å². The fourth-order valence-electron chi connectivity index (χ4n) is 3.33. The maximum atomic E-state index is 13.8. The minimum absolute atomic E-state index is 0.000599. The van der Waals surface area contributed by atoms with Gasteiger partial charge in [0.2, 0.25) is 0 Å². The average molecular weight is 425 g/mol. The molecular weight excluding hydrogens is 406 g/mol. The number of rotatable bonds is 4. The van der Waals surface area contributed by atoms with Gasteiger partial charge in [-0.3, -0.25) is 4.79 Å². The van der Waals surface area contributed by atoms with Gasteiger partial charge >= 0.3 is 0 Å². The van der Waals surface area contributed by atoms with Gasteiger partial charge < -0.3 is 15.4 Å². The summed E-state index contributed by atoms with van der Waals surface area (Å²) >= 11 is 11.3. The summed E-state index contributed by atoms with van der Waals surface area (Å²) in [6.45, 7) is 0. The van der Waals surface area contributed by atoms with E-state index in [9.17, 15) is 13.6 Å². The first-order chi connectivity index (χ1) is 13.4. The van der Waals surface area contributed by atoms with Gasteiger partial charge in [-0.15, -0.1) is 0 Å². The molecule has 2 N–H and O–H groups in total. The Morgan fingerprint density at radius 3 is 2.71 bits per heavy atom. The lowest BCUT2D eigenvalue weighted by atomic mass is 9.80. The van der Waals surface area contributed by atoms with Crippen LogP contribution < -0.4 is 15.4 Å². The molecule has 2 atom stereocenters. The third-order valence-electron chi connectivity index (χ3n) is 4.73. The number of anilines is 1. The third kappa shape index (κ3) is 4.59. The molecule has 28 heavy (non-hydrogen) atoms. The molecular formula is C20H19ClF2N2O2S. The average Bonchev–Trinajstić information content (AvgIpc) is 2.66. The molecule has 1 saturated carbocycles. The Balaban J connectivity index is 1.69. The summed E-state index contributed by atoms with van der Waals surface area (Å²) in [4.78, 5) is 13.0. The first-order valence-corrected chi connectivity index (χ1v) is 9.57. The normalized spacial score (nSPS) is 19.2. The van der Waals surface area contributed by atoms with E-state index >= 15 is 0 Å². The van der Waals surface area contributed by atoms with Gasteiger partial charge in [-0.05, 0) is 61.3 Å². The molecule has 0 aliphatic heterocycles. The summed E-state index contributed by atoms with van der Waals surface area (Å²) in [5, 5.41) is 6.22. The Kier molecular flexibility index (Phi) is 6.46. The summed E-state index contributed by atoms with van der Waals surface area (Å²) in [6.07, 6.45) is 2.16. The van der Waals surface area contributed by atoms with Crippen LogP contribution in [-0.2, 0) is 4.79 Å². The quantitative estimate of drug-likeness (QED) is 0.689. The van der Waals surface area contributed by atoms with E-state index in [2.05, 4.69) is 10.6 Å². The van der Waals surface area contributed by atoms with Gasteiger partial charge in [-0.25, -0.2) is 8.78 Å². The van der Waals surface area contributed by atoms with E-state index in [1.54, 1.807) is 12.1 Å². The Labute approximate surface area is 172 Å². The smallest absolute Gasteiger partial charge is 0.171 e. The van der Waals surface area contributed by atoms with Crippen molar-refractivity contribution in [3.63, 3.8) is 0 Å². The fourth-order valence-corrected chi connectivity index (χ4v) is 3.78. The number of thiocarbonyl (C=S) groups is 1. The minimum atomic E-state index is -0.759. The first kappa shape index (κ1) is 20.5. The summed E-state index contributed by atoms with van der Waals surface area (Å²) in [5.41, 5.74) is 0.877. The number of hydrogen-bond acceptors (Lipinski definition) is 3. The molecule has 0 spiro atoms. The number of halogens is 3. The molecule has 0 heterocycles. The van der Waals surface area contributed by atoms with Gasteiger partial charge in [0.25, 0.3) is 0 Å². The zero-order valence-electron chi connectivity index (χ0n) is 15.1. The largest absolute Gasteiger partial charge is 0.495 e. The van der Waals surface area contributed by atoms with Crippen LogP contribution in [0.4, 0.5) is 14.5 Å². The molecule has 8 heteroatoms. The number of benzene rings is 2. The molecule has 0 bridgehead atoms. The van der Waals surface area contributed by atoms with Crippen molar-refractivity contribution in [2.45, 2.75) is 31.2 Å². The maximum Gasteiger partial charge on any atom is 0.171 e. The minimum Gasteiger partial charge on any atom is -0.495 e. The second kappa shape index (κ2) is 8.84. The van der Waals surface area contributed by atoms with Crippen molar-refractivity contribution in [1.29, 1.82) is 0 Å². The Hall–Kier alpha value is -2.25. The molecule has 148 valence electrons. The number of ether oxygens (including phenoxy) is 1. The summed E-state index contributed by atoms with van der Waals surface area (Å²) < 4.78 is 32.0. The Bertz CT molecular complexity index is 910. The van der Waals surface area contributed by atoms with E-state index < -0.39 is 17.7 Å². The van der Waals surface area contributed by atoms with E-state index in [4.69, 9.17) is 28.6 Å². The van der Waals surface area contributed by atoms with Crippen LogP contribution >= 0.6 is 23.8 Å². The summed E-state index contributed by atoms with van der Waals surface area (Å²) in [6, 6.07) is 7.96. The number of Topliss-reactive ketones (excluding diaryl/α,β-unsaturated/α-hetero) is 1. The highest BCUT2D eigenvalue weighted by Crippen LogP contribution is 2.34. The monoisotopic (exact) mass is 424 g/mol. The number of carbonyl (C=O) groups is 1. The standard InChI is InChI=1S/C20H19ClF2N2O2S/c1-27-18-9-11(5-7-14(18)21)13-3-2-4-17(19(13)26)25-20(28)24-16-8-6-12(22)10-15(16)23/h5-10,13,17H,2-4H2,1H3,(H2,24,25,28). The number of methoxy groups -OCH3 is 1. The van der Waals surface area contributed by atoms with E-state index in [1.165, 1.54) is 13.2 Å². The van der Waals surface area contributed by atoms with E-state index in [0.29, 0.717) is 23.6 Å². The van der Waals surface area contributed by atoms with Gasteiger partial charge in [0.1, 0.15) is 17.4 Å². The van der Waals surface area contributed by atoms with Crippen LogP contribution in [0.3, 0.4) is 0 Å². The van der Waals surface area contributed by atoms with Crippen molar-refractivity contribution in [1.82, 2.24) is 5.32 Å². The molecule has 0 amide bonds. The Morgan fingerprint density at radius 2 is 2.00 bits per heavy atom. The van der Waals surface area contributed by atoms with Crippen LogP contribution in [0.2, 0.25) is 5.02 Å². The van der Waals surface area contributed by atoms with Crippen molar-refractivity contribution in [3.8, 4) is 5.75 Å². The molecule has 0 radical (unpaired) electrons. The summed E-state index contributed by atoms with van der Waals surface area (Å²) in [7, 11) is 1.52. The van der Waals surface area contributed by atoms with Crippen molar-refractivity contribution >= 4 is 40.4 Å². The van der Waals surface area contributed by atoms with Gasteiger partial charge in [0.15, 0.2) is 10.9 Å². The molecule has 4 nitrogen and oxygen atoms in total. The topological polar surface area (TPSA) is 50.4 Å². The lowest BCUT2D eigenvalue weighted by molar-refractivity contribution is -0.123. The van der Waals surface area contributed by atoms with Crippen LogP contribution in [0.5, 0.6) is 5.75 Å². The summed E-state index contributed by atoms with van der Waals surface area (Å²) in [5.74, 6) is -1.22. The molecule has 1 aliphatic rings. The third-order valence-corrected chi connectivity index (χ3v) is 5.27.